The minimum absolute atomic E-state index is 0.101. The Balaban J connectivity index is 1.97. The fourth-order valence-corrected chi connectivity index (χ4v) is 1.95. The number of amides is 1. The van der Waals surface area contributed by atoms with Gasteiger partial charge in [0, 0.05) is 5.69 Å². The summed E-state index contributed by atoms with van der Waals surface area (Å²) in [6, 6.07) is 11.5. The summed E-state index contributed by atoms with van der Waals surface area (Å²) in [7, 11) is 0. The molecule has 0 spiro atoms. The normalized spacial score (nSPS) is 12.0. The number of nitriles is 1. The molecule has 0 saturated carbocycles. The van der Waals surface area contributed by atoms with Gasteiger partial charge < -0.3 is 10.1 Å². The standard InChI is InChI=1S/C18H13F3N2O3/c1-11(16(24)23-15-8-2-12(10-22)3-9-15)26-17(25)13-4-6-14(7-5-13)18(19,20)21/h2-9,11H,1H3,(H,23,24)/t11-/m1/s1. The first-order chi connectivity index (χ1) is 12.2. The van der Waals surface area contributed by atoms with E-state index in [1.165, 1.54) is 31.2 Å². The van der Waals surface area contributed by atoms with Crippen LogP contribution < -0.4 is 5.32 Å². The van der Waals surface area contributed by atoms with Gasteiger partial charge >= 0.3 is 12.1 Å². The van der Waals surface area contributed by atoms with Crippen LogP contribution in [0, 0.1) is 11.3 Å². The number of anilines is 1. The molecule has 8 heteroatoms. The lowest BCUT2D eigenvalue weighted by Gasteiger charge is -2.14. The minimum Gasteiger partial charge on any atom is -0.449 e. The summed E-state index contributed by atoms with van der Waals surface area (Å²) in [5.74, 6) is -1.53. The van der Waals surface area contributed by atoms with Crippen LogP contribution in [0.5, 0.6) is 0 Å². The minimum atomic E-state index is -4.50. The van der Waals surface area contributed by atoms with E-state index in [0.717, 1.165) is 24.3 Å². The highest BCUT2D eigenvalue weighted by Gasteiger charge is 2.30. The Hall–Kier alpha value is -3.34. The van der Waals surface area contributed by atoms with E-state index in [0.29, 0.717) is 11.3 Å². The van der Waals surface area contributed by atoms with Crippen LogP contribution in [0.1, 0.15) is 28.4 Å². The highest BCUT2D eigenvalue weighted by atomic mass is 19.4. The highest BCUT2D eigenvalue weighted by Crippen LogP contribution is 2.29. The van der Waals surface area contributed by atoms with Crippen molar-refractivity contribution >= 4 is 17.6 Å². The number of hydrogen-bond acceptors (Lipinski definition) is 4. The van der Waals surface area contributed by atoms with Crippen molar-refractivity contribution in [1.82, 2.24) is 0 Å². The third-order valence-electron chi connectivity index (χ3n) is 3.38. The summed E-state index contributed by atoms with van der Waals surface area (Å²) in [5, 5.41) is 11.2. The van der Waals surface area contributed by atoms with Gasteiger partial charge in [-0.05, 0) is 55.5 Å². The number of alkyl halides is 3. The van der Waals surface area contributed by atoms with Gasteiger partial charge in [-0.3, -0.25) is 4.79 Å². The van der Waals surface area contributed by atoms with Crippen molar-refractivity contribution < 1.29 is 27.5 Å². The Morgan fingerprint density at radius 1 is 1.08 bits per heavy atom. The van der Waals surface area contributed by atoms with Crippen molar-refractivity contribution in [1.29, 1.82) is 5.26 Å². The molecule has 0 unspecified atom stereocenters. The van der Waals surface area contributed by atoms with E-state index in [2.05, 4.69) is 5.32 Å². The monoisotopic (exact) mass is 362 g/mol. The second-order valence-electron chi connectivity index (χ2n) is 5.30. The molecule has 1 N–H and O–H groups in total. The van der Waals surface area contributed by atoms with E-state index in [-0.39, 0.29) is 5.56 Å². The maximum atomic E-state index is 12.5. The van der Waals surface area contributed by atoms with Crippen LogP contribution in [0.2, 0.25) is 0 Å². The molecule has 0 saturated heterocycles. The number of nitrogens with zero attached hydrogens (tertiary/aromatic N) is 1. The number of rotatable bonds is 4. The molecule has 0 fully saturated rings. The van der Waals surface area contributed by atoms with Crippen molar-refractivity contribution in [3.63, 3.8) is 0 Å². The summed E-state index contributed by atoms with van der Waals surface area (Å²) < 4.78 is 42.5. The molecule has 1 atom stereocenters. The lowest BCUT2D eigenvalue weighted by Crippen LogP contribution is -2.30. The lowest BCUT2D eigenvalue weighted by atomic mass is 10.1. The summed E-state index contributed by atoms with van der Waals surface area (Å²) >= 11 is 0. The molecule has 2 aromatic carbocycles. The van der Waals surface area contributed by atoms with E-state index < -0.39 is 29.7 Å². The summed E-state index contributed by atoms with van der Waals surface area (Å²) in [4.78, 5) is 24.0. The van der Waals surface area contributed by atoms with Crippen LogP contribution in [-0.2, 0) is 15.7 Å². The fourth-order valence-electron chi connectivity index (χ4n) is 1.95. The Labute approximate surface area is 147 Å². The summed E-state index contributed by atoms with van der Waals surface area (Å²) in [6.07, 6.45) is -5.67. The number of esters is 1. The molecule has 0 aliphatic rings. The van der Waals surface area contributed by atoms with Crippen molar-refractivity contribution in [3.05, 3.63) is 65.2 Å². The molecule has 0 radical (unpaired) electrons. The molecule has 1 amide bonds. The zero-order valence-electron chi connectivity index (χ0n) is 13.5. The van der Waals surface area contributed by atoms with Gasteiger partial charge in [0.15, 0.2) is 6.10 Å². The van der Waals surface area contributed by atoms with Gasteiger partial charge in [-0.1, -0.05) is 0 Å². The molecule has 2 rings (SSSR count). The third-order valence-corrected chi connectivity index (χ3v) is 3.38. The molecule has 0 heterocycles. The van der Waals surface area contributed by atoms with Crippen LogP contribution >= 0.6 is 0 Å². The second-order valence-corrected chi connectivity index (χ2v) is 5.30. The van der Waals surface area contributed by atoms with Crippen molar-refractivity contribution in [2.24, 2.45) is 0 Å². The number of halogens is 3. The Morgan fingerprint density at radius 2 is 1.65 bits per heavy atom. The second kappa shape index (κ2) is 7.70. The number of nitrogens with one attached hydrogen (secondary N) is 1. The third kappa shape index (κ3) is 4.83. The quantitative estimate of drug-likeness (QED) is 0.840. The van der Waals surface area contributed by atoms with Crippen molar-refractivity contribution in [2.45, 2.75) is 19.2 Å². The topological polar surface area (TPSA) is 79.2 Å². The van der Waals surface area contributed by atoms with Gasteiger partial charge in [-0.15, -0.1) is 0 Å². The van der Waals surface area contributed by atoms with Crippen LogP contribution in [-0.4, -0.2) is 18.0 Å². The van der Waals surface area contributed by atoms with Gasteiger partial charge in [0.2, 0.25) is 0 Å². The summed E-state index contributed by atoms with van der Waals surface area (Å²) in [5.41, 5.74) is -0.159. The van der Waals surface area contributed by atoms with E-state index in [4.69, 9.17) is 10.00 Å². The molecular formula is C18H13F3N2O3. The van der Waals surface area contributed by atoms with Crippen molar-refractivity contribution in [3.8, 4) is 6.07 Å². The number of ether oxygens (including phenoxy) is 1. The Morgan fingerprint density at radius 3 is 2.15 bits per heavy atom. The molecule has 26 heavy (non-hydrogen) atoms. The molecule has 0 aliphatic carbocycles. The fraction of sp³-hybridized carbons (Fsp3) is 0.167. The summed E-state index contributed by atoms with van der Waals surface area (Å²) in [6.45, 7) is 1.33. The molecule has 0 bridgehead atoms. The lowest BCUT2D eigenvalue weighted by molar-refractivity contribution is -0.137. The number of carbonyl (C=O) groups excluding carboxylic acids is 2. The maximum Gasteiger partial charge on any atom is 0.416 e. The van der Waals surface area contributed by atoms with E-state index in [1.54, 1.807) is 0 Å². The van der Waals surface area contributed by atoms with Gasteiger partial charge in [0.25, 0.3) is 5.91 Å². The van der Waals surface area contributed by atoms with E-state index in [9.17, 15) is 22.8 Å². The predicted octanol–water partition coefficient (Wildman–Crippen LogP) is 3.76. The average molecular weight is 362 g/mol. The number of benzene rings is 2. The first-order valence-electron chi connectivity index (χ1n) is 7.40. The number of carbonyl (C=O) groups is 2. The van der Waals surface area contributed by atoms with Crippen LogP contribution in [0.25, 0.3) is 0 Å². The van der Waals surface area contributed by atoms with Gasteiger partial charge in [-0.2, -0.15) is 18.4 Å². The first-order valence-corrected chi connectivity index (χ1v) is 7.40. The van der Waals surface area contributed by atoms with Crippen LogP contribution in [0.3, 0.4) is 0 Å². The molecule has 0 aliphatic heterocycles. The van der Waals surface area contributed by atoms with Crippen molar-refractivity contribution in [2.75, 3.05) is 5.32 Å². The number of hydrogen-bond donors (Lipinski definition) is 1. The van der Waals surface area contributed by atoms with Gasteiger partial charge in [0.1, 0.15) is 0 Å². The van der Waals surface area contributed by atoms with E-state index >= 15 is 0 Å². The van der Waals surface area contributed by atoms with Gasteiger partial charge in [0.05, 0.1) is 22.8 Å². The van der Waals surface area contributed by atoms with Crippen LogP contribution in [0.15, 0.2) is 48.5 Å². The zero-order chi connectivity index (χ0) is 19.3. The molecular weight excluding hydrogens is 349 g/mol. The van der Waals surface area contributed by atoms with Crippen LogP contribution in [0.4, 0.5) is 18.9 Å². The largest absolute Gasteiger partial charge is 0.449 e. The Kier molecular flexibility index (Phi) is 5.62. The Bertz CT molecular complexity index is 838. The molecule has 5 nitrogen and oxygen atoms in total. The predicted molar refractivity (Wildman–Crippen MR) is 86.1 cm³/mol. The van der Waals surface area contributed by atoms with Gasteiger partial charge in [-0.25, -0.2) is 4.79 Å². The molecule has 0 aromatic heterocycles. The zero-order valence-corrected chi connectivity index (χ0v) is 13.5. The highest BCUT2D eigenvalue weighted by molar-refractivity contribution is 5.97. The smallest absolute Gasteiger partial charge is 0.416 e. The molecule has 2 aromatic rings. The first kappa shape index (κ1) is 19.0. The SMILES string of the molecule is C[C@@H](OC(=O)c1ccc(C(F)(F)F)cc1)C(=O)Nc1ccc(C#N)cc1. The maximum absolute atomic E-state index is 12.5. The average Bonchev–Trinajstić information content (AvgIpc) is 2.61. The van der Waals surface area contributed by atoms with E-state index in [1.807, 2.05) is 6.07 Å². The molecule has 134 valence electrons.